The molecule has 0 unspecified atom stereocenters. The Kier molecular flexibility index (Phi) is 5.37. The van der Waals surface area contributed by atoms with Crippen LogP contribution >= 0.6 is 11.3 Å². The molecule has 1 aliphatic rings. The molecule has 1 aliphatic heterocycles. The van der Waals surface area contributed by atoms with Crippen LogP contribution in [-0.4, -0.2) is 64.1 Å². The minimum absolute atomic E-state index is 0.0806. The van der Waals surface area contributed by atoms with Crippen molar-refractivity contribution in [2.75, 3.05) is 27.3 Å². The predicted molar refractivity (Wildman–Crippen MR) is 110 cm³/mol. The standard InChI is InChI=1S/C20H26N4O4S/c1-11-9-23(10-12(2)28-11)17(15-7-6-14(26-4)8-16(15)27-5)18-19(25)24-20(29-18)21-13(3)22-24/h6-8,11-12,17,25H,9-10H2,1-5H3/t11-,12-,17+/m1/s1. The van der Waals surface area contributed by atoms with E-state index in [0.29, 0.717) is 16.5 Å². The minimum atomic E-state index is -0.224. The summed E-state index contributed by atoms with van der Waals surface area (Å²) in [5.74, 6) is 2.16. The summed E-state index contributed by atoms with van der Waals surface area (Å²) in [6.45, 7) is 7.41. The molecule has 4 rings (SSSR count). The minimum Gasteiger partial charge on any atom is -0.497 e. The Balaban J connectivity index is 1.87. The molecule has 0 amide bonds. The highest BCUT2D eigenvalue weighted by Crippen LogP contribution is 2.44. The lowest BCUT2D eigenvalue weighted by Gasteiger charge is -2.40. The molecule has 1 aromatic carbocycles. The third-order valence-electron chi connectivity index (χ3n) is 5.10. The van der Waals surface area contributed by atoms with Crippen molar-refractivity contribution in [2.45, 2.75) is 39.0 Å². The summed E-state index contributed by atoms with van der Waals surface area (Å²) < 4.78 is 18.5. The first kappa shape index (κ1) is 19.9. The molecule has 0 aliphatic carbocycles. The number of hydrogen-bond donors (Lipinski definition) is 1. The van der Waals surface area contributed by atoms with Gasteiger partial charge in [-0.3, -0.25) is 4.90 Å². The van der Waals surface area contributed by atoms with E-state index in [4.69, 9.17) is 14.2 Å². The molecule has 3 heterocycles. The van der Waals surface area contributed by atoms with Gasteiger partial charge < -0.3 is 19.3 Å². The zero-order valence-electron chi connectivity index (χ0n) is 17.2. The fraction of sp³-hybridized carbons (Fsp3) is 0.500. The highest BCUT2D eigenvalue weighted by Gasteiger charge is 2.35. The second kappa shape index (κ2) is 7.81. The summed E-state index contributed by atoms with van der Waals surface area (Å²) in [4.78, 5) is 8.20. The van der Waals surface area contributed by atoms with E-state index in [9.17, 15) is 5.11 Å². The first-order valence-corrected chi connectivity index (χ1v) is 10.4. The number of benzene rings is 1. The number of fused-ring (bicyclic) bond motifs is 1. The van der Waals surface area contributed by atoms with E-state index in [1.807, 2.05) is 25.1 Å². The van der Waals surface area contributed by atoms with Crippen LogP contribution in [0.3, 0.4) is 0 Å². The van der Waals surface area contributed by atoms with E-state index in [2.05, 4.69) is 28.8 Å². The number of nitrogens with zero attached hydrogens (tertiary/aromatic N) is 4. The van der Waals surface area contributed by atoms with Crippen molar-refractivity contribution in [2.24, 2.45) is 0 Å². The van der Waals surface area contributed by atoms with Crippen molar-refractivity contribution in [3.05, 3.63) is 34.5 Å². The van der Waals surface area contributed by atoms with Gasteiger partial charge in [-0.05, 0) is 32.9 Å². The first-order chi connectivity index (χ1) is 13.9. The maximum absolute atomic E-state index is 11.0. The second-order valence-corrected chi connectivity index (χ2v) is 8.37. The molecule has 156 valence electrons. The van der Waals surface area contributed by atoms with E-state index in [1.165, 1.54) is 15.9 Å². The monoisotopic (exact) mass is 418 g/mol. The summed E-state index contributed by atoms with van der Waals surface area (Å²) in [7, 11) is 3.28. The van der Waals surface area contributed by atoms with Crippen LogP contribution in [0, 0.1) is 6.92 Å². The summed E-state index contributed by atoms with van der Waals surface area (Å²) in [5.41, 5.74) is 0.950. The summed E-state index contributed by atoms with van der Waals surface area (Å²) in [6, 6.07) is 5.55. The molecule has 0 saturated carbocycles. The Morgan fingerprint density at radius 2 is 1.93 bits per heavy atom. The van der Waals surface area contributed by atoms with Crippen molar-refractivity contribution >= 4 is 16.3 Å². The second-order valence-electron chi connectivity index (χ2n) is 7.36. The molecule has 29 heavy (non-hydrogen) atoms. The Hall–Kier alpha value is -2.36. The van der Waals surface area contributed by atoms with Crippen LogP contribution in [0.5, 0.6) is 17.4 Å². The molecular weight excluding hydrogens is 392 g/mol. The number of thiazole rings is 1. The van der Waals surface area contributed by atoms with Crippen molar-refractivity contribution in [1.29, 1.82) is 0 Å². The van der Waals surface area contributed by atoms with E-state index in [-0.39, 0.29) is 24.1 Å². The van der Waals surface area contributed by atoms with Gasteiger partial charge in [0.15, 0.2) is 0 Å². The third kappa shape index (κ3) is 3.65. The average Bonchev–Trinajstić information content (AvgIpc) is 3.19. The van der Waals surface area contributed by atoms with Gasteiger partial charge in [0.05, 0.1) is 37.3 Å². The van der Waals surface area contributed by atoms with Gasteiger partial charge in [-0.2, -0.15) is 4.52 Å². The zero-order valence-corrected chi connectivity index (χ0v) is 18.1. The largest absolute Gasteiger partial charge is 0.497 e. The number of ether oxygens (including phenoxy) is 3. The number of aromatic nitrogens is 3. The lowest BCUT2D eigenvalue weighted by molar-refractivity contribution is -0.0765. The highest BCUT2D eigenvalue weighted by molar-refractivity contribution is 7.17. The SMILES string of the molecule is COc1ccc([C@@H](c2sc3nc(C)nn3c2O)N2C[C@@H](C)O[C@H](C)C2)c(OC)c1. The molecule has 9 heteroatoms. The summed E-state index contributed by atoms with van der Waals surface area (Å²) in [6.07, 6.45) is 0.161. The molecule has 3 aromatic rings. The van der Waals surface area contributed by atoms with Crippen LogP contribution in [0.15, 0.2) is 18.2 Å². The molecular formula is C20H26N4O4S. The van der Waals surface area contributed by atoms with Crippen LogP contribution in [0.1, 0.15) is 36.2 Å². The average molecular weight is 419 g/mol. The lowest BCUT2D eigenvalue weighted by atomic mass is 10.00. The number of hydrogen-bond acceptors (Lipinski definition) is 8. The molecule has 2 aromatic heterocycles. The van der Waals surface area contributed by atoms with Gasteiger partial charge in [0, 0.05) is 24.7 Å². The Morgan fingerprint density at radius 3 is 2.55 bits per heavy atom. The van der Waals surface area contributed by atoms with Gasteiger partial charge in [0.25, 0.3) is 0 Å². The van der Waals surface area contributed by atoms with Crippen molar-refractivity contribution in [3.8, 4) is 17.4 Å². The van der Waals surface area contributed by atoms with Crippen LogP contribution in [0.2, 0.25) is 0 Å². The molecule has 8 nitrogen and oxygen atoms in total. The summed E-state index contributed by atoms with van der Waals surface area (Å²) in [5, 5.41) is 15.3. The normalized spacial score (nSPS) is 21.4. The number of morpholine rings is 1. The van der Waals surface area contributed by atoms with Gasteiger partial charge in [0.2, 0.25) is 10.8 Å². The maximum atomic E-state index is 11.0. The fourth-order valence-corrected chi connectivity index (χ4v) is 5.16. The number of rotatable bonds is 5. The summed E-state index contributed by atoms with van der Waals surface area (Å²) >= 11 is 1.44. The molecule has 0 radical (unpaired) electrons. The van der Waals surface area contributed by atoms with Gasteiger partial charge in [-0.1, -0.05) is 11.3 Å². The Labute approximate surface area is 173 Å². The third-order valence-corrected chi connectivity index (χ3v) is 6.17. The van der Waals surface area contributed by atoms with Crippen molar-refractivity contribution in [1.82, 2.24) is 19.5 Å². The van der Waals surface area contributed by atoms with Gasteiger partial charge >= 0.3 is 0 Å². The fourth-order valence-electron chi connectivity index (χ4n) is 4.00. The van der Waals surface area contributed by atoms with E-state index in [1.54, 1.807) is 14.2 Å². The Bertz CT molecular complexity index is 1010. The Morgan fingerprint density at radius 1 is 1.21 bits per heavy atom. The maximum Gasteiger partial charge on any atom is 0.230 e. The van der Waals surface area contributed by atoms with E-state index >= 15 is 0 Å². The zero-order chi connectivity index (χ0) is 20.7. The van der Waals surface area contributed by atoms with Gasteiger partial charge in [-0.15, -0.1) is 5.10 Å². The number of aryl methyl sites for hydroxylation is 1. The highest BCUT2D eigenvalue weighted by atomic mass is 32.1. The number of aromatic hydroxyl groups is 1. The van der Waals surface area contributed by atoms with Gasteiger partial charge in [0.1, 0.15) is 17.3 Å². The molecule has 0 bridgehead atoms. The van der Waals surface area contributed by atoms with Crippen molar-refractivity contribution in [3.63, 3.8) is 0 Å². The molecule has 0 spiro atoms. The van der Waals surface area contributed by atoms with E-state index in [0.717, 1.165) is 29.3 Å². The first-order valence-electron chi connectivity index (χ1n) is 9.57. The topological polar surface area (TPSA) is 81.4 Å². The van der Waals surface area contributed by atoms with Crippen LogP contribution < -0.4 is 9.47 Å². The molecule has 1 fully saturated rings. The predicted octanol–water partition coefficient (Wildman–Crippen LogP) is 3.02. The molecule has 1 N–H and O–H groups in total. The lowest BCUT2D eigenvalue weighted by Crippen LogP contribution is -2.47. The van der Waals surface area contributed by atoms with Crippen LogP contribution in [-0.2, 0) is 4.74 Å². The van der Waals surface area contributed by atoms with Crippen LogP contribution in [0.25, 0.3) is 4.96 Å². The van der Waals surface area contributed by atoms with Crippen LogP contribution in [0.4, 0.5) is 0 Å². The quantitative estimate of drug-likeness (QED) is 0.682. The van der Waals surface area contributed by atoms with E-state index < -0.39 is 0 Å². The molecule has 3 atom stereocenters. The molecule has 1 saturated heterocycles. The number of methoxy groups -OCH3 is 2. The van der Waals surface area contributed by atoms with Crippen molar-refractivity contribution < 1.29 is 19.3 Å². The smallest absolute Gasteiger partial charge is 0.230 e. The van der Waals surface area contributed by atoms with Gasteiger partial charge in [-0.25, -0.2) is 4.98 Å².